The second-order valence-corrected chi connectivity index (χ2v) is 8.23. The van der Waals surface area contributed by atoms with E-state index in [4.69, 9.17) is 4.74 Å². The molecule has 1 aromatic rings. The molecule has 1 aromatic carbocycles. The van der Waals surface area contributed by atoms with Gasteiger partial charge in [-0.15, -0.1) is 24.8 Å². The van der Waals surface area contributed by atoms with Crippen LogP contribution in [-0.4, -0.2) is 66.8 Å². The molecule has 2 aliphatic rings. The van der Waals surface area contributed by atoms with E-state index >= 15 is 0 Å². The molecule has 0 amide bonds. The monoisotopic (exact) mass is 446 g/mol. The third-order valence-electron chi connectivity index (χ3n) is 6.37. The van der Waals surface area contributed by atoms with E-state index in [0.717, 1.165) is 58.3 Å². The molecule has 1 saturated carbocycles. The van der Waals surface area contributed by atoms with Crippen molar-refractivity contribution in [2.75, 3.05) is 39.8 Å². The number of hydrogen-bond donors (Lipinski definition) is 1. The van der Waals surface area contributed by atoms with E-state index in [-0.39, 0.29) is 30.7 Å². The van der Waals surface area contributed by atoms with Crippen LogP contribution >= 0.6 is 24.8 Å². The number of likely N-dealkylation sites (N-methyl/N-ethyl adjacent to an activating group) is 1. The zero-order valence-corrected chi connectivity index (χ0v) is 19.2. The van der Waals surface area contributed by atoms with Gasteiger partial charge in [0, 0.05) is 38.1 Å². The molecule has 2 fully saturated rings. The lowest BCUT2D eigenvalue weighted by Crippen LogP contribution is -2.50. The number of ether oxygens (including phenoxy) is 1. The van der Waals surface area contributed by atoms with E-state index in [9.17, 15) is 9.90 Å². The van der Waals surface area contributed by atoms with Gasteiger partial charge in [0.15, 0.2) is 5.60 Å². The van der Waals surface area contributed by atoms with Crippen molar-refractivity contribution in [2.45, 2.75) is 50.7 Å². The van der Waals surface area contributed by atoms with Crippen molar-refractivity contribution in [3.8, 4) is 0 Å². The molecule has 1 N–H and O–H groups in total. The maximum Gasteiger partial charge on any atom is 0.343 e. The first kappa shape index (κ1) is 26.2. The van der Waals surface area contributed by atoms with Gasteiger partial charge >= 0.3 is 5.97 Å². The van der Waals surface area contributed by atoms with Gasteiger partial charge in [0.05, 0.1) is 6.61 Å². The maximum absolute atomic E-state index is 12.9. The Labute approximate surface area is 187 Å². The van der Waals surface area contributed by atoms with Gasteiger partial charge in [0.25, 0.3) is 0 Å². The molecular weight excluding hydrogens is 411 g/mol. The highest BCUT2D eigenvalue weighted by Crippen LogP contribution is 2.41. The molecule has 1 aliphatic heterocycles. The summed E-state index contributed by atoms with van der Waals surface area (Å²) in [6, 6.07) is 9.89. The minimum absolute atomic E-state index is 0. The second-order valence-electron chi connectivity index (χ2n) is 8.23. The van der Waals surface area contributed by atoms with Gasteiger partial charge in [-0.25, -0.2) is 4.79 Å². The number of aliphatic hydroxyl groups is 1. The van der Waals surface area contributed by atoms with Crippen LogP contribution < -0.4 is 0 Å². The highest BCUT2D eigenvalue weighted by atomic mass is 35.5. The number of rotatable bonds is 7. The van der Waals surface area contributed by atoms with Crippen LogP contribution in [0.5, 0.6) is 0 Å². The number of carbonyl (C=O) groups excluding carboxylic acids is 1. The van der Waals surface area contributed by atoms with Crippen molar-refractivity contribution in [3.05, 3.63) is 35.9 Å². The number of esters is 1. The zero-order valence-electron chi connectivity index (χ0n) is 17.6. The van der Waals surface area contributed by atoms with E-state index in [1.165, 1.54) is 0 Å². The number of benzene rings is 1. The molecule has 5 nitrogen and oxygen atoms in total. The summed E-state index contributed by atoms with van der Waals surface area (Å²) < 4.78 is 5.59. The third kappa shape index (κ3) is 6.31. The Morgan fingerprint density at radius 1 is 1.17 bits per heavy atom. The van der Waals surface area contributed by atoms with Crippen LogP contribution in [0.1, 0.15) is 44.6 Å². The van der Waals surface area contributed by atoms with Crippen LogP contribution in [0.15, 0.2) is 30.3 Å². The zero-order chi connectivity index (χ0) is 19.3. The van der Waals surface area contributed by atoms with Gasteiger partial charge in [0.1, 0.15) is 0 Å². The molecule has 0 aromatic heterocycles. The topological polar surface area (TPSA) is 53.0 Å². The Bertz CT molecular complexity index is 613. The lowest BCUT2D eigenvalue weighted by atomic mass is 9.80. The molecule has 2 unspecified atom stereocenters. The van der Waals surface area contributed by atoms with Crippen molar-refractivity contribution in [1.29, 1.82) is 0 Å². The number of nitrogens with zero attached hydrogens (tertiary/aromatic N) is 2. The van der Waals surface area contributed by atoms with Gasteiger partial charge in [-0.3, -0.25) is 0 Å². The Hall–Kier alpha value is -0.850. The fourth-order valence-corrected chi connectivity index (χ4v) is 4.45. The minimum Gasteiger partial charge on any atom is -0.463 e. The summed E-state index contributed by atoms with van der Waals surface area (Å²) in [5, 5.41) is 11.4. The van der Waals surface area contributed by atoms with Gasteiger partial charge in [0.2, 0.25) is 0 Å². The fraction of sp³-hybridized carbons (Fsp3) is 0.682. The summed E-state index contributed by atoms with van der Waals surface area (Å²) in [7, 11) is 2.16. The summed E-state index contributed by atoms with van der Waals surface area (Å²) in [6.07, 6.45) is 4.68. The number of halogens is 2. The van der Waals surface area contributed by atoms with Crippen LogP contribution in [0.4, 0.5) is 0 Å². The Morgan fingerprint density at radius 2 is 1.83 bits per heavy atom. The van der Waals surface area contributed by atoms with Crippen LogP contribution in [0.3, 0.4) is 0 Å². The molecule has 166 valence electrons. The first-order chi connectivity index (χ1) is 13.0. The summed E-state index contributed by atoms with van der Waals surface area (Å²) in [6.45, 7) is 6.73. The fourth-order valence-electron chi connectivity index (χ4n) is 4.45. The number of carbonyl (C=O) groups is 1. The normalized spacial score (nSPS) is 22.9. The molecule has 7 heteroatoms. The molecular formula is C22H36Cl2N2O3. The largest absolute Gasteiger partial charge is 0.463 e. The minimum atomic E-state index is -1.51. The van der Waals surface area contributed by atoms with E-state index in [1.807, 2.05) is 30.3 Å². The molecule has 1 heterocycles. The van der Waals surface area contributed by atoms with E-state index in [2.05, 4.69) is 23.8 Å². The maximum atomic E-state index is 12.9. The average molecular weight is 447 g/mol. The predicted molar refractivity (Wildman–Crippen MR) is 121 cm³/mol. The van der Waals surface area contributed by atoms with Gasteiger partial charge in [-0.2, -0.15) is 0 Å². The summed E-state index contributed by atoms with van der Waals surface area (Å²) in [5.41, 5.74) is -0.852. The first-order valence-corrected chi connectivity index (χ1v) is 10.4. The third-order valence-corrected chi connectivity index (χ3v) is 6.37. The Balaban J connectivity index is 0.00000210. The van der Waals surface area contributed by atoms with E-state index in [1.54, 1.807) is 0 Å². The smallest absolute Gasteiger partial charge is 0.343 e. The quantitative estimate of drug-likeness (QED) is 0.513. The van der Waals surface area contributed by atoms with Crippen LogP contribution in [-0.2, 0) is 15.1 Å². The van der Waals surface area contributed by atoms with Gasteiger partial charge in [-0.05, 0) is 38.8 Å². The second kappa shape index (κ2) is 12.1. The van der Waals surface area contributed by atoms with Crippen LogP contribution in [0, 0.1) is 5.92 Å². The van der Waals surface area contributed by atoms with Crippen molar-refractivity contribution < 1.29 is 14.6 Å². The first-order valence-electron chi connectivity index (χ1n) is 10.4. The summed E-state index contributed by atoms with van der Waals surface area (Å²) in [5.74, 6) is -0.529. The van der Waals surface area contributed by atoms with Crippen LogP contribution in [0.2, 0.25) is 0 Å². The molecule has 1 saturated heterocycles. The SMILES string of the molecule is CC1CN(CCCOC(=O)C(O)(c2ccccc2)C2CCCC2)CCN1C.Cl.Cl. The average Bonchev–Trinajstić information content (AvgIpc) is 3.23. The molecule has 0 spiro atoms. The summed E-state index contributed by atoms with van der Waals surface area (Å²) >= 11 is 0. The molecule has 3 rings (SSSR count). The molecule has 1 aliphatic carbocycles. The Morgan fingerprint density at radius 3 is 2.45 bits per heavy atom. The highest BCUT2D eigenvalue weighted by molar-refractivity contribution is 5.85. The number of piperazine rings is 1. The van der Waals surface area contributed by atoms with Gasteiger partial charge in [-0.1, -0.05) is 43.2 Å². The molecule has 29 heavy (non-hydrogen) atoms. The number of hydrogen-bond acceptors (Lipinski definition) is 5. The lowest BCUT2D eigenvalue weighted by Gasteiger charge is -2.37. The lowest BCUT2D eigenvalue weighted by molar-refractivity contribution is -0.174. The van der Waals surface area contributed by atoms with Crippen molar-refractivity contribution >= 4 is 30.8 Å². The van der Waals surface area contributed by atoms with Gasteiger partial charge < -0.3 is 19.6 Å². The molecule has 0 radical (unpaired) electrons. The standard InChI is InChI=1S/C22H34N2O3.2ClH/c1-18-17-24(15-14-23(18)2)13-8-16-27-21(25)22(26,20-11-6-7-12-20)19-9-4-3-5-10-19;;/h3-5,9-10,18,20,26H,6-8,11-17H2,1-2H3;2*1H. The summed E-state index contributed by atoms with van der Waals surface area (Å²) in [4.78, 5) is 17.7. The van der Waals surface area contributed by atoms with Crippen molar-refractivity contribution in [2.24, 2.45) is 5.92 Å². The highest BCUT2D eigenvalue weighted by Gasteiger charge is 2.47. The molecule has 2 atom stereocenters. The van der Waals surface area contributed by atoms with Crippen molar-refractivity contribution in [3.63, 3.8) is 0 Å². The predicted octanol–water partition coefficient (Wildman–Crippen LogP) is 3.48. The van der Waals surface area contributed by atoms with E-state index in [0.29, 0.717) is 18.2 Å². The molecule has 0 bridgehead atoms. The van der Waals surface area contributed by atoms with E-state index < -0.39 is 11.6 Å². The van der Waals surface area contributed by atoms with Crippen LogP contribution in [0.25, 0.3) is 0 Å². The van der Waals surface area contributed by atoms with Crippen molar-refractivity contribution in [1.82, 2.24) is 9.80 Å². The Kier molecular flexibility index (Phi) is 10.9.